The average molecular weight is 224 g/mol. The summed E-state index contributed by atoms with van der Waals surface area (Å²) >= 11 is 0. The van der Waals surface area contributed by atoms with Crippen molar-refractivity contribution in [2.75, 3.05) is 7.11 Å². The smallest absolute Gasteiger partial charge is 0.303 e. The molecule has 1 aromatic rings. The van der Waals surface area contributed by atoms with E-state index < -0.39 is 5.97 Å². The van der Waals surface area contributed by atoms with Crippen LogP contribution in [0.3, 0.4) is 0 Å². The van der Waals surface area contributed by atoms with Gasteiger partial charge in [-0.05, 0) is 37.0 Å². The number of aromatic hydroxyl groups is 1. The van der Waals surface area contributed by atoms with Crippen LogP contribution in [0.2, 0.25) is 0 Å². The summed E-state index contributed by atoms with van der Waals surface area (Å²) in [6.45, 7) is 3.76. The summed E-state index contributed by atoms with van der Waals surface area (Å²) in [6.07, 6.45) is 0.303. The van der Waals surface area contributed by atoms with Gasteiger partial charge in [0, 0.05) is 6.42 Å². The molecule has 0 aliphatic rings. The van der Waals surface area contributed by atoms with Gasteiger partial charge in [0.25, 0.3) is 0 Å². The Morgan fingerprint density at radius 1 is 1.44 bits per heavy atom. The molecule has 4 heteroatoms. The van der Waals surface area contributed by atoms with E-state index in [0.29, 0.717) is 17.7 Å². The highest BCUT2D eigenvalue weighted by atomic mass is 16.5. The number of ether oxygens (including phenoxy) is 1. The maximum Gasteiger partial charge on any atom is 0.303 e. The summed E-state index contributed by atoms with van der Waals surface area (Å²) in [5.74, 6) is -0.399. The number of phenols is 1. The second kappa shape index (κ2) is 4.88. The molecule has 0 atom stereocenters. The molecule has 0 fully saturated rings. The summed E-state index contributed by atoms with van der Waals surface area (Å²) < 4.78 is 5.11. The van der Waals surface area contributed by atoms with Crippen LogP contribution in [0.5, 0.6) is 11.5 Å². The Bertz CT molecular complexity index is 410. The topological polar surface area (TPSA) is 66.8 Å². The number of hydrogen-bond donors (Lipinski definition) is 2. The van der Waals surface area contributed by atoms with E-state index in [4.69, 9.17) is 9.84 Å². The first-order chi connectivity index (χ1) is 7.47. The molecule has 0 radical (unpaired) electrons. The van der Waals surface area contributed by atoms with Crippen LogP contribution < -0.4 is 4.74 Å². The Kier molecular flexibility index (Phi) is 3.77. The molecule has 16 heavy (non-hydrogen) atoms. The van der Waals surface area contributed by atoms with Gasteiger partial charge in [0.1, 0.15) is 0 Å². The molecule has 0 bridgehead atoms. The largest absolute Gasteiger partial charge is 0.504 e. The van der Waals surface area contributed by atoms with Gasteiger partial charge in [-0.1, -0.05) is 6.07 Å². The van der Waals surface area contributed by atoms with Gasteiger partial charge >= 0.3 is 5.97 Å². The Morgan fingerprint density at radius 3 is 2.56 bits per heavy atom. The zero-order valence-corrected chi connectivity index (χ0v) is 9.70. The van der Waals surface area contributed by atoms with Crippen molar-refractivity contribution < 1.29 is 19.7 Å². The fourth-order valence-corrected chi connectivity index (χ4v) is 1.62. The zero-order valence-electron chi connectivity index (χ0n) is 9.70. The molecule has 0 saturated heterocycles. The Balaban J connectivity index is 3.10. The molecule has 0 amide bonds. The minimum atomic E-state index is -0.878. The third kappa shape index (κ3) is 2.45. The average Bonchev–Trinajstić information content (AvgIpc) is 2.22. The van der Waals surface area contributed by atoms with Crippen LogP contribution in [0.4, 0.5) is 0 Å². The van der Waals surface area contributed by atoms with Crippen molar-refractivity contribution in [3.05, 3.63) is 22.8 Å². The molecular weight excluding hydrogens is 208 g/mol. The van der Waals surface area contributed by atoms with Gasteiger partial charge in [-0.25, -0.2) is 0 Å². The van der Waals surface area contributed by atoms with Crippen LogP contribution in [0.25, 0.3) is 0 Å². The molecule has 0 aliphatic carbocycles. The maximum absolute atomic E-state index is 10.5. The molecule has 4 nitrogen and oxygen atoms in total. The van der Waals surface area contributed by atoms with Crippen LogP contribution in [-0.4, -0.2) is 23.3 Å². The molecule has 0 unspecified atom stereocenters. The first kappa shape index (κ1) is 12.4. The first-order valence-corrected chi connectivity index (χ1v) is 5.05. The van der Waals surface area contributed by atoms with E-state index in [-0.39, 0.29) is 12.2 Å². The lowest BCUT2D eigenvalue weighted by Gasteiger charge is -2.13. The van der Waals surface area contributed by atoms with Crippen LogP contribution in [0.1, 0.15) is 23.1 Å². The molecule has 1 aromatic carbocycles. The van der Waals surface area contributed by atoms with E-state index in [1.165, 1.54) is 7.11 Å². The normalized spacial score (nSPS) is 10.2. The fraction of sp³-hybridized carbons (Fsp3) is 0.417. The van der Waals surface area contributed by atoms with Crippen molar-refractivity contribution in [3.63, 3.8) is 0 Å². The minimum Gasteiger partial charge on any atom is -0.504 e. The van der Waals surface area contributed by atoms with Crippen LogP contribution >= 0.6 is 0 Å². The molecule has 2 N–H and O–H groups in total. The van der Waals surface area contributed by atoms with Crippen molar-refractivity contribution >= 4 is 5.97 Å². The number of phenolic OH excluding ortho intramolecular Hbond substituents is 1. The highest BCUT2D eigenvalue weighted by molar-refractivity contribution is 5.67. The van der Waals surface area contributed by atoms with E-state index >= 15 is 0 Å². The fourth-order valence-electron chi connectivity index (χ4n) is 1.62. The number of aryl methyl sites for hydroxylation is 2. The lowest BCUT2D eigenvalue weighted by molar-refractivity contribution is -0.136. The molecule has 0 aromatic heterocycles. The van der Waals surface area contributed by atoms with Crippen LogP contribution in [0, 0.1) is 13.8 Å². The van der Waals surface area contributed by atoms with Gasteiger partial charge in [-0.3, -0.25) is 4.79 Å². The second-order valence-corrected chi connectivity index (χ2v) is 3.75. The number of carboxylic acid groups (broad SMARTS) is 1. The van der Waals surface area contributed by atoms with E-state index in [2.05, 4.69) is 0 Å². The number of methoxy groups -OCH3 is 1. The Labute approximate surface area is 94.5 Å². The number of carboxylic acids is 1. The highest BCUT2D eigenvalue weighted by Gasteiger charge is 2.14. The van der Waals surface area contributed by atoms with Gasteiger partial charge in [0.15, 0.2) is 11.5 Å². The summed E-state index contributed by atoms with van der Waals surface area (Å²) in [5, 5.41) is 18.5. The third-order valence-electron chi connectivity index (χ3n) is 2.65. The van der Waals surface area contributed by atoms with E-state index in [1.54, 1.807) is 6.07 Å². The summed E-state index contributed by atoms with van der Waals surface area (Å²) in [4.78, 5) is 10.5. The summed E-state index contributed by atoms with van der Waals surface area (Å²) in [7, 11) is 1.49. The molecule has 1 rings (SSSR count). The molecule has 0 saturated carbocycles. The number of benzene rings is 1. The zero-order chi connectivity index (χ0) is 12.3. The summed E-state index contributed by atoms with van der Waals surface area (Å²) in [5.41, 5.74) is 2.47. The van der Waals surface area contributed by atoms with E-state index in [0.717, 1.165) is 11.1 Å². The lowest BCUT2D eigenvalue weighted by Crippen LogP contribution is -2.00. The van der Waals surface area contributed by atoms with Crippen LogP contribution in [0.15, 0.2) is 6.07 Å². The SMILES string of the molecule is COc1c(C)c(C)cc(CCC(=O)O)c1O. The predicted octanol–water partition coefficient (Wildman–Crippen LogP) is 2.03. The van der Waals surface area contributed by atoms with Crippen molar-refractivity contribution in [3.8, 4) is 11.5 Å². The quantitative estimate of drug-likeness (QED) is 0.821. The molecule has 0 heterocycles. The number of carbonyl (C=O) groups is 1. The van der Waals surface area contributed by atoms with E-state index in [9.17, 15) is 9.90 Å². The van der Waals surface area contributed by atoms with Gasteiger partial charge < -0.3 is 14.9 Å². The van der Waals surface area contributed by atoms with E-state index in [1.807, 2.05) is 13.8 Å². The van der Waals surface area contributed by atoms with Crippen molar-refractivity contribution in [1.82, 2.24) is 0 Å². The second-order valence-electron chi connectivity index (χ2n) is 3.75. The maximum atomic E-state index is 10.5. The lowest BCUT2D eigenvalue weighted by atomic mass is 10.0. The van der Waals surface area contributed by atoms with Crippen molar-refractivity contribution in [1.29, 1.82) is 0 Å². The number of aliphatic carboxylic acids is 1. The van der Waals surface area contributed by atoms with Gasteiger partial charge in [0.05, 0.1) is 7.11 Å². The first-order valence-electron chi connectivity index (χ1n) is 5.05. The van der Waals surface area contributed by atoms with Crippen LogP contribution in [-0.2, 0) is 11.2 Å². The highest BCUT2D eigenvalue weighted by Crippen LogP contribution is 2.36. The summed E-state index contributed by atoms with van der Waals surface area (Å²) in [6, 6.07) is 1.80. The standard InChI is InChI=1S/C12H16O4/c1-7-6-9(4-5-10(13)14)11(15)12(16-3)8(7)2/h6,15H,4-5H2,1-3H3,(H,13,14). The minimum absolute atomic E-state index is 0.000779. The Hall–Kier alpha value is -1.71. The van der Waals surface area contributed by atoms with Gasteiger partial charge in [-0.15, -0.1) is 0 Å². The van der Waals surface area contributed by atoms with Crippen molar-refractivity contribution in [2.45, 2.75) is 26.7 Å². The molecule has 0 spiro atoms. The number of hydrogen-bond acceptors (Lipinski definition) is 3. The van der Waals surface area contributed by atoms with Gasteiger partial charge in [-0.2, -0.15) is 0 Å². The van der Waals surface area contributed by atoms with Crippen molar-refractivity contribution in [2.24, 2.45) is 0 Å². The molecule has 88 valence electrons. The molecular formula is C12H16O4. The monoisotopic (exact) mass is 224 g/mol. The van der Waals surface area contributed by atoms with Gasteiger partial charge in [0.2, 0.25) is 0 Å². The predicted molar refractivity (Wildman–Crippen MR) is 60.1 cm³/mol. The third-order valence-corrected chi connectivity index (χ3v) is 2.65. The molecule has 0 aliphatic heterocycles. The number of rotatable bonds is 4. The Morgan fingerprint density at radius 2 is 2.06 bits per heavy atom.